The third-order valence-electron chi connectivity index (χ3n) is 4.41. The maximum absolute atomic E-state index is 13.1. The summed E-state index contributed by atoms with van der Waals surface area (Å²) in [6.07, 6.45) is 4.52. The molecule has 3 aromatic rings. The van der Waals surface area contributed by atoms with Gasteiger partial charge in [-0.05, 0) is 42.8 Å². The number of hydrogen-bond acceptors (Lipinski definition) is 6. The van der Waals surface area contributed by atoms with Crippen molar-refractivity contribution in [1.82, 2.24) is 15.6 Å². The molecule has 0 spiro atoms. The Morgan fingerprint density at radius 3 is 2.40 bits per heavy atom. The Bertz CT molecular complexity index is 1100. The van der Waals surface area contributed by atoms with Crippen LogP contribution in [0.5, 0.6) is 0 Å². The first-order valence-electron chi connectivity index (χ1n) is 9.17. The molecule has 2 N–H and O–H groups in total. The molecular weight excluding hydrogens is 406 g/mol. The molecule has 0 fully saturated rings. The van der Waals surface area contributed by atoms with Gasteiger partial charge in [0.1, 0.15) is 11.0 Å². The molecule has 0 radical (unpaired) electrons. The molecule has 1 unspecified atom stereocenters. The molecule has 1 atom stereocenters. The number of nitrogens with one attached hydrogen (secondary N) is 2. The highest BCUT2D eigenvalue weighted by Crippen LogP contribution is 2.29. The number of nitrogens with zero attached hydrogens (tertiary/aromatic N) is 1. The molecule has 8 nitrogen and oxygen atoms in total. The second-order valence-electron chi connectivity index (χ2n) is 6.62. The number of aromatic nitrogens is 1. The summed E-state index contributed by atoms with van der Waals surface area (Å²) in [7, 11) is -3.87. The van der Waals surface area contributed by atoms with Gasteiger partial charge < -0.3 is 15.1 Å². The number of carbonyl (C=O) groups is 2. The Morgan fingerprint density at radius 1 is 1.03 bits per heavy atom. The van der Waals surface area contributed by atoms with Crippen LogP contribution < -0.4 is 10.6 Å². The second kappa shape index (κ2) is 9.36. The fourth-order valence-corrected chi connectivity index (χ4v) is 4.35. The van der Waals surface area contributed by atoms with E-state index in [4.69, 9.17) is 4.42 Å². The quantitative estimate of drug-likeness (QED) is 0.556. The number of amides is 2. The van der Waals surface area contributed by atoms with Crippen LogP contribution in [-0.2, 0) is 26.0 Å². The largest absolute Gasteiger partial charge is 0.468 e. The van der Waals surface area contributed by atoms with Crippen LogP contribution in [0.15, 0.2) is 76.5 Å². The maximum atomic E-state index is 13.1. The van der Waals surface area contributed by atoms with Crippen molar-refractivity contribution in [3.8, 4) is 0 Å². The Labute approximate surface area is 174 Å². The van der Waals surface area contributed by atoms with E-state index in [1.807, 2.05) is 6.92 Å². The van der Waals surface area contributed by atoms with Gasteiger partial charge in [-0.3, -0.25) is 14.6 Å². The molecule has 0 aliphatic rings. The monoisotopic (exact) mass is 427 g/mol. The van der Waals surface area contributed by atoms with Crippen LogP contribution in [0, 0.1) is 6.92 Å². The smallest absolute Gasteiger partial charge is 0.309 e. The average Bonchev–Trinajstić information content (AvgIpc) is 3.27. The van der Waals surface area contributed by atoms with E-state index < -0.39 is 26.9 Å². The van der Waals surface area contributed by atoms with Crippen LogP contribution in [0.2, 0.25) is 0 Å². The number of sulfone groups is 1. The predicted octanol–water partition coefficient (Wildman–Crippen LogP) is 1.93. The molecule has 2 amide bonds. The predicted molar refractivity (Wildman–Crippen MR) is 109 cm³/mol. The molecule has 2 heterocycles. The van der Waals surface area contributed by atoms with Crippen molar-refractivity contribution in [2.24, 2.45) is 0 Å². The first kappa shape index (κ1) is 21.3. The van der Waals surface area contributed by atoms with E-state index >= 15 is 0 Å². The lowest BCUT2D eigenvalue weighted by Crippen LogP contribution is -2.42. The van der Waals surface area contributed by atoms with E-state index in [0.717, 1.165) is 11.1 Å². The summed E-state index contributed by atoms with van der Waals surface area (Å²) < 4.78 is 31.5. The zero-order chi connectivity index (χ0) is 21.6. The highest BCUT2D eigenvalue weighted by Gasteiger charge is 2.32. The van der Waals surface area contributed by atoms with Gasteiger partial charge in [-0.15, -0.1) is 0 Å². The second-order valence-corrected chi connectivity index (χ2v) is 8.75. The van der Waals surface area contributed by atoms with Crippen molar-refractivity contribution in [3.63, 3.8) is 0 Å². The molecule has 156 valence electrons. The summed E-state index contributed by atoms with van der Waals surface area (Å²) in [5.74, 6) is -1.63. The van der Waals surface area contributed by atoms with E-state index in [9.17, 15) is 18.0 Å². The van der Waals surface area contributed by atoms with Crippen molar-refractivity contribution < 1.29 is 22.4 Å². The molecular formula is C21H21N3O5S. The molecule has 0 saturated heterocycles. The first-order chi connectivity index (χ1) is 14.4. The number of hydrogen-bond donors (Lipinski definition) is 2. The van der Waals surface area contributed by atoms with Crippen molar-refractivity contribution in [2.75, 3.05) is 6.54 Å². The standard InChI is InChI=1S/C21H21N3O5S/c1-15-6-8-17(9-7-15)30(27,28)19(18-5-3-11-29-18)14-24-21(26)20(25)23-13-16-4-2-10-22-12-16/h2-12,19H,13-14H2,1H3,(H,23,25)(H,24,26). The van der Waals surface area contributed by atoms with Crippen LogP contribution in [0.25, 0.3) is 0 Å². The van der Waals surface area contributed by atoms with Crippen molar-refractivity contribution in [3.05, 3.63) is 84.1 Å². The fraction of sp³-hybridized carbons (Fsp3) is 0.190. The topological polar surface area (TPSA) is 118 Å². The highest BCUT2D eigenvalue weighted by molar-refractivity contribution is 7.91. The lowest BCUT2D eigenvalue weighted by molar-refractivity contribution is -0.139. The van der Waals surface area contributed by atoms with Crippen LogP contribution in [0.1, 0.15) is 22.1 Å². The number of rotatable bonds is 7. The molecule has 0 saturated carbocycles. The van der Waals surface area contributed by atoms with Crippen molar-refractivity contribution in [1.29, 1.82) is 0 Å². The SMILES string of the molecule is Cc1ccc(S(=O)(=O)C(CNC(=O)C(=O)NCc2cccnc2)c2ccco2)cc1. The van der Waals surface area contributed by atoms with Gasteiger partial charge in [0.25, 0.3) is 0 Å². The number of benzene rings is 1. The van der Waals surface area contributed by atoms with E-state index in [2.05, 4.69) is 15.6 Å². The molecule has 0 aliphatic heterocycles. The third kappa shape index (κ3) is 5.12. The van der Waals surface area contributed by atoms with E-state index in [1.165, 1.54) is 24.5 Å². The van der Waals surface area contributed by atoms with Gasteiger partial charge in [-0.25, -0.2) is 8.42 Å². The Balaban J connectivity index is 1.69. The molecule has 1 aromatic carbocycles. The normalized spacial score (nSPS) is 12.2. The van der Waals surface area contributed by atoms with Gasteiger partial charge in [-0.2, -0.15) is 0 Å². The van der Waals surface area contributed by atoms with Crippen molar-refractivity contribution >= 4 is 21.7 Å². The summed E-state index contributed by atoms with van der Waals surface area (Å²) in [4.78, 5) is 28.3. The zero-order valence-electron chi connectivity index (χ0n) is 16.2. The van der Waals surface area contributed by atoms with Crippen LogP contribution in [0.4, 0.5) is 0 Å². The highest BCUT2D eigenvalue weighted by atomic mass is 32.2. The van der Waals surface area contributed by atoms with Crippen LogP contribution >= 0.6 is 0 Å². The third-order valence-corrected chi connectivity index (χ3v) is 6.49. The summed E-state index contributed by atoms with van der Waals surface area (Å²) in [6.45, 7) is 1.66. The number of pyridine rings is 1. The maximum Gasteiger partial charge on any atom is 0.309 e. The zero-order valence-corrected chi connectivity index (χ0v) is 17.1. The van der Waals surface area contributed by atoms with E-state index in [0.29, 0.717) is 0 Å². The summed E-state index contributed by atoms with van der Waals surface area (Å²) in [5, 5.41) is 3.68. The Kier molecular flexibility index (Phi) is 6.63. The first-order valence-corrected chi connectivity index (χ1v) is 10.7. The lowest BCUT2D eigenvalue weighted by Gasteiger charge is -2.16. The Hall–Kier alpha value is -3.46. The van der Waals surface area contributed by atoms with Crippen molar-refractivity contribution in [2.45, 2.75) is 23.6 Å². The number of furan rings is 1. The van der Waals surface area contributed by atoms with Gasteiger partial charge in [-0.1, -0.05) is 23.8 Å². The average molecular weight is 427 g/mol. The fourth-order valence-electron chi connectivity index (χ4n) is 2.76. The minimum Gasteiger partial charge on any atom is -0.468 e. The Morgan fingerprint density at radius 2 is 1.77 bits per heavy atom. The lowest BCUT2D eigenvalue weighted by atomic mass is 10.2. The van der Waals surface area contributed by atoms with Gasteiger partial charge in [0.2, 0.25) is 0 Å². The summed E-state index contributed by atoms with van der Waals surface area (Å²) in [5.41, 5.74) is 1.65. The van der Waals surface area contributed by atoms with Crippen LogP contribution in [0.3, 0.4) is 0 Å². The van der Waals surface area contributed by atoms with E-state index in [-0.39, 0.29) is 23.7 Å². The number of aryl methyl sites for hydroxylation is 1. The molecule has 30 heavy (non-hydrogen) atoms. The van der Waals surface area contributed by atoms with E-state index in [1.54, 1.807) is 42.7 Å². The van der Waals surface area contributed by atoms with Gasteiger partial charge in [0.05, 0.1) is 11.2 Å². The minimum atomic E-state index is -3.87. The molecule has 2 aromatic heterocycles. The molecule has 9 heteroatoms. The van der Waals surface area contributed by atoms with Gasteiger partial charge >= 0.3 is 11.8 Å². The number of carbonyl (C=O) groups excluding carboxylic acids is 2. The van der Waals surface area contributed by atoms with Crippen LogP contribution in [-0.4, -0.2) is 31.8 Å². The van der Waals surface area contributed by atoms with Gasteiger partial charge in [0.15, 0.2) is 9.84 Å². The molecule has 0 aliphatic carbocycles. The molecule has 3 rings (SSSR count). The van der Waals surface area contributed by atoms with Gasteiger partial charge in [0, 0.05) is 25.5 Å². The minimum absolute atomic E-state index is 0.102. The summed E-state index contributed by atoms with van der Waals surface area (Å²) >= 11 is 0. The summed E-state index contributed by atoms with van der Waals surface area (Å²) in [6, 6.07) is 12.9. The molecule has 0 bridgehead atoms.